The molecule has 0 radical (unpaired) electrons. The maximum Gasteiger partial charge on any atom is 0.138 e. The summed E-state index contributed by atoms with van der Waals surface area (Å²) in [5.41, 5.74) is 0. The lowest BCUT2D eigenvalue weighted by atomic mass is 10.3. The highest BCUT2D eigenvalue weighted by atomic mass is 32.1. The molecule has 16 heavy (non-hydrogen) atoms. The van der Waals surface area contributed by atoms with Gasteiger partial charge in [0.25, 0.3) is 0 Å². The van der Waals surface area contributed by atoms with Crippen LogP contribution in [0, 0.1) is 6.92 Å². The van der Waals surface area contributed by atoms with E-state index in [0.717, 1.165) is 41.2 Å². The van der Waals surface area contributed by atoms with Gasteiger partial charge >= 0.3 is 0 Å². The van der Waals surface area contributed by atoms with E-state index in [1.54, 1.807) is 11.3 Å². The molecule has 2 aromatic rings. The first-order valence-electron chi connectivity index (χ1n) is 5.75. The number of rotatable bonds is 4. The van der Waals surface area contributed by atoms with Gasteiger partial charge in [-0.15, -0.1) is 11.3 Å². The van der Waals surface area contributed by atoms with Crippen molar-refractivity contribution in [3.05, 3.63) is 16.8 Å². The minimum Gasteiger partial charge on any atom is -0.369 e. The summed E-state index contributed by atoms with van der Waals surface area (Å²) in [6.07, 6.45) is 1.99. The van der Waals surface area contributed by atoms with Crippen LogP contribution in [0.2, 0.25) is 0 Å². The van der Waals surface area contributed by atoms with Gasteiger partial charge in [0, 0.05) is 17.8 Å². The monoisotopic (exact) mass is 235 g/mol. The van der Waals surface area contributed by atoms with Gasteiger partial charge in [-0.2, -0.15) is 0 Å². The zero-order chi connectivity index (χ0) is 11.5. The van der Waals surface area contributed by atoms with Crippen LogP contribution < -0.4 is 5.32 Å². The molecule has 4 heteroatoms. The Morgan fingerprint density at radius 3 is 2.81 bits per heavy atom. The summed E-state index contributed by atoms with van der Waals surface area (Å²) in [6.45, 7) is 7.32. The van der Waals surface area contributed by atoms with Crippen molar-refractivity contribution in [2.75, 3.05) is 11.9 Å². The molecule has 0 saturated heterocycles. The molecule has 2 heterocycles. The lowest BCUT2D eigenvalue weighted by Crippen LogP contribution is -2.04. The number of nitrogens with zero attached hydrogens (tertiary/aromatic N) is 2. The van der Waals surface area contributed by atoms with Crippen LogP contribution >= 0.6 is 11.3 Å². The summed E-state index contributed by atoms with van der Waals surface area (Å²) in [6, 6.07) is 2.16. The molecule has 86 valence electrons. The molecule has 1 N–H and O–H groups in total. The van der Waals surface area contributed by atoms with Gasteiger partial charge in [0.05, 0.1) is 5.39 Å². The largest absolute Gasteiger partial charge is 0.369 e. The van der Waals surface area contributed by atoms with Crippen LogP contribution in [0.1, 0.15) is 31.0 Å². The Bertz CT molecular complexity index is 490. The molecule has 0 aliphatic heterocycles. The molecular formula is C12H17N3S. The number of aromatic nitrogens is 2. The molecule has 0 atom stereocenters. The molecule has 2 aromatic heterocycles. The summed E-state index contributed by atoms with van der Waals surface area (Å²) in [4.78, 5) is 11.5. The highest BCUT2D eigenvalue weighted by molar-refractivity contribution is 7.18. The van der Waals surface area contributed by atoms with Crippen LogP contribution in [0.5, 0.6) is 0 Å². The van der Waals surface area contributed by atoms with Gasteiger partial charge in [0.1, 0.15) is 16.5 Å². The summed E-state index contributed by atoms with van der Waals surface area (Å²) < 4.78 is 0. The Balaban J connectivity index is 2.49. The van der Waals surface area contributed by atoms with E-state index in [0.29, 0.717) is 0 Å². The number of nitrogens with one attached hydrogen (secondary N) is 1. The molecule has 0 spiro atoms. The third-order valence-corrected chi connectivity index (χ3v) is 3.37. The second-order valence-corrected chi connectivity index (χ2v) is 5.08. The average molecular weight is 235 g/mol. The first kappa shape index (κ1) is 11.3. The molecule has 3 nitrogen and oxygen atoms in total. The number of fused-ring (bicyclic) bond motifs is 1. The van der Waals surface area contributed by atoms with Crippen molar-refractivity contribution in [2.24, 2.45) is 0 Å². The van der Waals surface area contributed by atoms with E-state index in [9.17, 15) is 0 Å². The van der Waals surface area contributed by atoms with Crippen LogP contribution in [0.3, 0.4) is 0 Å². The molecule has 0 saturated carbocycles. The van der Waals surface area contributed by atoms with E-state index < -0.39 is 0 Å². The third kappa shape index (κ3) is 2.16. The molecule has 0 bridgehead atoms. The summed E-state index contributed by atoms with van der Waals surface area (Å²) in [5.74, 6) is 1.92. The van der Waals surface area contributed by atoms with Gasteiger partial charge in [0.2, 0.25) is 0 Å². The Labute approximate surface area is 99.9 Å². The molecule has 0 fully saturated rings. The zero-order valence-corrected chi connectivity index (χ0v) is 10.8. The number of aryl methyl sites for hydroxylation is 2. The molecule has 0 aliphatic rings. The Kier molecular flexibility index (Phi) is 3.39. The van der Waals surface area contributed by atoms with E-state index in [1.165, 1.54) is 4.88 Å². The van der Waals surface area contributed by atoms with Crippen LogP contribution in [0.15, 0.2) is 6.07 Å². The molecular weight excluding hydrogens is 218 g/mol. The maximum absolute atomic E-state index is 4.55. The third-order valence-electron chi connectivity index (χ3n) is 2.42. The van der Waals surface area contributed by atoms with Crippen LogP contribution in [0.25, 0.3) is 10.2 Å². The van der Waals surface area contributed by atoms with Gasteiger partial charge in [-0.25, -0.2) is 9.97 Å². The average Bonchev–Trinajstić information content (AvgIpc) is 2.65. The van der Waals surface area contributed by atoms with Crippen molar-refractivity contribution in [2.45, 2.75) is 33.6 Å². The quantitative estimate of drug-likeness (QED) is 0.882. The predicted octanol–water partition coefficient (Wildman–Crippen LogP) is 3.38. The number of anilines is 1. The Morgan fingerprint density at radius 2 is 2.12 bits per heavy atom. The van der Waals surface area contributed by atoms with Gasteiger partial charge in [0.15, 0.2) is 0 Å². The predicted molar refractivity (Wildman–Crippen MR) is 70.3 cm³/mol. The first-order chi connectivity index (χ1) is 7.74. The van der Waals surface area contributed by atoms with E-state index in [4.69, 9.17) is 0 Å². The first-order valence-corrected chi connectivity index (χ1v) is 6.57. The molecule has 0 aliphatic carbocycles. The van der Waals surface area contributed by atoms with Gasteiger partial charge in [-0.3, -0.25) is 0 Å². The fourth-order valence-electron chi connectivity index (χ4n) is 1.62. The van der Waals surface area contributed by atoms with Crippen molar-refractivity contribution >= 4 is 27.4 Å². The highest BCUT2D eigenvalue weighted by Crippen LogP contribution is 2.28. The van der Waals surface area contributed by atoms with Crippen molar-refractivity contribution in [1.82, 2.24) is 9.97 Å². The lowest BCUT2D eigenvalue weighted by Gasteiger charge is -2.06. The number of thiophene rings is 1. The Morgan fingerprint density at radius 1 is 1.31 bits per heavy atom. The standard InChI is InChI=1S/C12H17N3S/c1-4-6-13-11-9-7-8(3)16-12(9)15-10(5-2)14-11/h7H,4-6H2,1-3H3,(H,13,14,15). The second-order valence-electron chi connectivity index (χ2n) is 3.84. The van der Waals surface area contributed by atoms with E-state index in [1.807, 2.05) is 0 Å². The fourth-order valence-corrected chi connectivity index (χ4v) is 2.52. The molecule has 2 rings (SSSR count). The SMILES string of the molecule is CCCNc1nc(CC)nc2sc(C)cc12. The van der Waals surface area contributed by atoms with Crippen molar-refractivity contribution < 1.29 is 0 Å². The van der Waals surface area contributed by atoms with E-state index in [-0.39, 0.29) is 0 Å². The van der Waals surface area contributed by atoms with Crippen molar-refractivity contribution in [3.63, 3.8) is 0 Å². The molecule has 0 unspecified atom stereocenters. The van der Waals surface area contributed by atoms with Gasteiger partial charge in [-0.05, 0) is 19.4 Å². The normalized spacial score (nSPS) is 10.9. The van der Waals surface area contributed by atoms with Crippen molar-refractivity contribution in [1.29, 1.82) is 0 Å². The van der Waals surface area contributed by atoms with Crippen LogP contribution in [0.4, 0.5) is 5.82 Å². The molecule has 0 aromatic carbocycles. The Hall–Kier alpha value is -1.16. The smallest absolute Gasteiger partial charge is 0.138 e. The lowest BCUT2D eigenvalue weighted by molar-refractivity contribution is 0.935. The second kappa shape index (κ2) is 4.78. The number of hydrogen-bond donors (Lipinski definition) is 1. The fraction of sp³-hybridized carbons (Fsp3) is 0.500. The maximum atomic E-state index is 4.55. The van der Waals surface area contributed by atoms with E-state index >= 15 is 0 Å². The molecule has 0 amide bonds. The highest BCUT2D eigenvalue weighted by Gasteiger charge is 2.08. The zero-order valence-electron chi connectivity index (χ0n) is 10.0. The summed E-state index contributed by atoms with van der Waals surface area (Å²) in [7, 11) is 0. The summed E-state index contributed by atoms with van der Waals surface area (Å²) in [5, 5.41) is 4.54. The van der Waals surface area contributed by atoms with Gasteiger partial charge in [-0.1, -0.05) is 13.8 Å². The van der Waals surface area contributed by atoms with Crippen LogP contribution in [-0.2, 0) is 6.42 Å². The topological polar surface area (TPSA) is 37.8 Å². The summed E-state index contributed by atoms with van der Waals surface area (Å²) >= 11 is 1.74. The van der Waals surface area contributed by atoms with Gasteiger partial charge < -0.3 is 5.32 Å². The van der Waals surface area contributed by atoms with Crippen molar-refractivity contribution in [3.8, 4) is 0 Å². The minimum absolute atomic E-state index is 0.883. The van der Waals surface area contributed by atoms with E-state index in [2.05, 4.69) is 42.1 Å². The van der Waals surface area contributed by atoms with Crippen LogP contribution in [-0.4, -0.2) is 16.5 Å². The number of hydrogen-bond acceptors (Lipinski definition) is 4. The minimum atomic E-state index is 0.883.